The van der Waals surface area contributed by atoms with E-state index in [0.717, 1.165) is 16.7 Å². The lowest BCUT2D eigenvalue weighted by molar-refractivity contribution is -0.122. The van der Waals surface area contributed by atoms with Crippen molar-refractivity contribution in [1.82, 2.24) is 20.0 Å². The van der Waals surface area contributed by atoms with Gasteiger partial charge in [-0.25, -0.2) is 0 Å². The fraction of sp³-hybridized carbons (Fsp3) is 0.263. The molecule has 164 valence electrons. The number of rotatable bonds is 7. The Morgan fingerprint density at radius 2 is 2.00 bits per heavy atom. The van der Waals surface area contributed by atoms with E-state index < -0.39 is 23.7 Å². The van der Waals surface area contributed by atoms with E-state index in [4.69, 9.17) is 11.6 Å². The summed E-state index contributed by atoms with van der Waals surface area (Å²) in [6, 6.07) is 5.66. The SMILES string of the molecule is Cc1nn(C)c(Cl)c1C(=O)NCCN1C(=O)S/C(=C/c2ccc(OC(F)F)cc2)C1=O. The molecule has 0 aliphatic carbocycles. The summed E-state index contributed by atoms with van der Waals surface area (Å²) in [7, 11) is 1.61. The molecule has 1 fully saturated rings. The molecule has 1 aromatic heterocycles. The number of nitrogens with zero attached hydrogens (tertiary/aromatic N) is 3. The maximum atomic E-state index is 12.5. The third kappa shape index (κ3) is 5.23. The second-order valence-electron chi connectivity index (χ2n) is 6.41. The minimum atomic E-state index is -2.93. The van der Waals surface area contributed by atoms with Crippen LogP contribution in [0.3, 0.4) is 0 Å². The van der Waals surface area contributed by atoms with E-state index in [-0.39, 0.29) is 34.5 Å². The van der Waals surface area contributed by atoms with E-state index in [0.29, 0.717) is 11.3 Å². The lowest BCUT2D eigenvalue weighted by atomic mass is 10.2. The summed E-state index contributed by atoms with van der Waals surface area (Å²) in [4.78, 5) is 38.3. The van der Waals surface area contributed by atoms with Gasteiger partial charge in [-0.3, -0.25) is 24.0 Å². The van der Waals surface area contributed by atoms with Crippen molar-refractivity contribution in [2.24, 2.45) is 7.05 Å². The van der Waals surface area contributed by atoms with Crippen LogP contribution in [0.4, 0.5) is 13.6 Å². The van der Waals surface area contributed by atoms with Gasteiger partial charge in [0.15, 0.2) is 0 Å². The monoisotopic (exact) mass is 470 g/mol. The van der Waals surface area contributed by atoms with Crippen molar-refractivity contribution in [3.05, 3.63) is 51.1 Å². The molecule has 2 aromatic rings. The Balaban J connectivity index is 1.60. The summed E-state index contributed by atoms with van der Waals surface area (Å²) >= 11 is 6.81. The molecular formula is C19H17ClF2N4O4S. The fourth-order valence-electron chi connectivity index (χ4n) is 2.85. The molecule has 8 nitrogen and oxygen atoms in total. The molecule has 0 saturated carbocycles. The summed E-state index contributed by atoms with van der Waals surface area (Å²) in [5.41, 5.74) is 1.24. The number of thioether (sulfide) groups is 1. The smallest absolute Gasteiger partial charge is 0.387 e. The molecule has 3 amide bonds. The molecule has 3 rings (SSSR count). The number of aromatic nitrogens is 2. The quantitative estimate of drug-likeness (QED) is 0.623. The summed E-state index contributed by atoms with van der Waals surface area (Å²) < 4.78 is 30.1. The number of amides is 3. The second kappa shape index (κ2) is 9.48. The first-order valence-corrected chi connectivity index (χ1v) is 10.1. The van der Waals surface area contributed by atoms with Crippen molar-refractivity contribution in [1.29, 1.82) is 0 Å². The third-order valence-corrected chi connectivity index (χ3v) is 5.62. The van der Waals surface area contributed by atoms with E-state index in [9.17, 15) is 23.2 Å². The number of hydrogen-bond donors (Lipinski definition) is 1. The van der Waals surface area contributed by atoms with Crippen LogP contribution in [0.5, 0.6) is 5.75 Å². The van der Waals surface area contributed by atoms with Crippen LogP contribution >= 0.6 is 23.4 Å². The normalized spacial score (nSPS) is 15.3. The molecule has 1 aromatic carbocycles. The van der Waals surface area contributed by atoms with Crippen LogP contribution in [0.1, 0.15) is 21.6 Å². The van der Waals surface area contributed by atoms with Gasteiger partial charge in [0.05, 0.1) is 16.2 Å². The van der Waals surface area contributed by atoms with E-state index in [1.165, 1.54) is 35.0 Å². The summed E-state index contributed by atoms with van der Waals surface area (Å²) in [5.74, 6) is -0.975. The van der Waals surface area contributed by atoms with Crippen molar-refractivity contribution >= 4 is 46.5 Å². The molecule has 1 aliphatic heterocycles. The van der Waals surface area contributed by atoms with Crippen molar-refractivity contribution in [3.8, 4) is 5.75 Å². The fourth-order valence-corrected chi connectivity index (χ4v) is 3.97. The van der Waals surface area contributed by atoms with Crippen molar-refractivity contribution < 1.29 is 27.9 Å². The predicted octanol–water partition coefficient (Wildman–Crippen LogP) is 3.45. The van der Waals surface area contributed by atoms with Gasteiger partial charge in [0.2, 0.25) is 0 Å². The van der Waals surface area contributed by atoms with Gasteiger partial charge in [0.1, 0.15) is 10.9 Å². The summed E-state index contributed by atoms with van der Waals surface area (Å²) in [6.07, 6.45) is 1.48. The number of carbonyl (C=O) groups excluding carboxylic acids is 3. The van der Waals surface area contributed by atoms with Gasteiger partial charge in [0.25, 0.3) is 17.1 Å². The standard InChI is InChI=1S/C19H17ClF2N4O4S/c1-10-14(15(20)25(2)24-10)16(27)23-7-8-26-17(28)13(31-19(26)29)9-11-3-5-12(6-4-11)30-18(21)22/h3-6,9,18H,7-8H2,1-2H3,(H,23,27)/b13-9+. The number of alkyl halides is 2. The number of ether oxygens (including phenoxy) is 1. The molecule has 2 heterocycles. The van der Waals surface area contributed by atoms with Crippen LogP contribution in [-0.2, 0) is 11.8 Å². The zero-order chi connectivity index (χ0) is 22.7. The van der Waals surface area contributed by atoms with Gasteiger partial charge in [0, 0.05) is 20.1 Å². The van der Waals surface area contributed by atoms with Crippen LogP contribution in [0.2, 0.25) is 5.15 Å². The topological polar surface area (TPSA) is 93.5 Å². The number of carbonyl (C=O) groups is 3. The van der Waals surface area contributed by atoms with Gasteiger partial charge in [-0.15, -0.1) is 0 Å². The number of aryl methyl sites for hydroxylation is 2. The third-order valence-electron chi connectivity index (χ3n) is 4.28. The molecule has 0 spiro atoms. The van der Waals surface area contributed by atoms with Crippen molar-refractivity contribution in [2.45, 2.75) is 13.5 Å². The average Bonchev–Trinajstić information content (AvgIpc) is 3.11. The number of imide groups is 1. The lowest BCUT2D eigenvalue weighted by Gasteiger charge is -2.13. The summed E-state index contributed by atoms with van der Waals surface area (Å²) in [6.45, 7) is -1.27. The van der Waals surface area contributed by atoms with Crippen molar-refractivity contribution in [2.75, 3.05) is 13.1 Å². The molecular weight excluding hydrogens is 454 g/mol. The molecule has 31 heavy (non-hydrogen) atoms. The highest BCUT2D eigenvalue weighted by Crippen LogP contribution is 2.32. The first-order chi connectivity index (χ1) is 14.7. The van der Waals surface area contributed by atoms with Gasteiger partial charge >= 0.3 is 6.61 Å². The maximum Gasteiger partial charge on any atom is 0.387 e. The van der Waals surface area contributed by atoms with Crippen LogP contribution < -0.4 is 10.1 Å². The van der Waals surface area contributed by atoms with Crippen molar-refractivity contribution in [3.63, 3.8) is 0 Å². The van der Waals surface area contributed by atoms with Gasteiger partial charge in [-0.1, -0.05) is 23.7 Å². The zero-order valence-electron chi connectivity index (χ0n) is 16.4. The van der Waals surface area contributed by atoms with Gasteiger partial charge < -0.3 is 10.1 Å². The first kappa shape index (κ1) is 22.8. The minimum absolute atomic E-state index is 0.0139. The van der Waals surface area contributed by atoms with Gasteiger partial charge in [-0.05, 0) is 42.5 Å². The Kier molecular flexibility index (Phi) is 6.96. The number of hydrogen-bond acceptors (Lipinski definition) is 6. The van der Waals surface area contributed by atoms with Gasteiger partial charge in [-0.2, -0.15) is 13.9 Å². The Bertz CT molecular complexity index is 1060. The van der Waals surface area contributed by atoms with Crippen LogP contribution in [0, 0.1) is 6.92 Å². The molecule has 0 bridgehead atoms. The maximum absolute atomic E-state index is 12.5. The summed E-state index contributed by atoms with van der Waals surface area (Å²) in [5, 5.41) is 6.40. The number of nitrogens with one attached hydrogen (secondary N) is 1. The van der Waals surface area contributed by atoms with Crippen LogP contribution in [0.15, 0.2) is 29.2 Å². The number of halogens is 3. The molecule has 0 atom stereocenters. The molecule has 1 N–H and O–H groups in total. The Morgan fingerprint density at radius 3 is 2.58 bits per heavy atom. The zero-order valence-corrected chi connectivity index (χ0v) is 18.0. The van der Waals surface area contributed by atoms with E-state index in [1.54, 1.807) is 14.0 Å². The molecule has 0 radical (unpaired) electrons. The molecule has 1 aliphatic rings. The highest BCUT2D eigenvalue weighted by Gasteiger charge is 2.34. The predicted molar refractivity (Wildman–Crippen MR) is 111 cm³/mol. The molecule has 1 saturated heterocycles. The second-order valence-corrected chi connectivity index (χ2v) is 7.76. The van der Waals surface area contributed by atoms with E-state index in [1.807, 2.05) is 0 Å². The highest BCUT2D eigenvalue weighted by atomic mass is 35.5. The number of benzene rings is 1. The largest absolute Gasteiger partial charge is 0.435 e. The Labute approximate surface area is 185 Å². The minimum Gasteiger partial charge on any atom is -0.435 e. The Morgan fingerprint density at radius 1 is 1.32 bits per heavy atom. The first-order valence-electron chi connectivity index (χ1n) is 8.95. The lowest BCUT2D eigenvalue weighted by Crippen LogP contribution is -2.37. The Hall–Kier alpha value is -2.92. The molecule has 0 unspecified atom stereocenters. The van der Waals surface area contributed by atoms with Crippen LogP contribution in [-0.4, -0.2) is 51.4 Å². The van der Waals surface area contributed by atoms with E-state index in [2.05, 4.69) is 15.2 Å². The highest BCUT2D eigenvalue weighted by molar-refractivity contribution is 8.18. The average molecular weight is 471 g/mol. The molecule has 12 heteroatoms. The van der Waals surface area contributed by atoms with E-state index >= 15 is 0 Å². The van der Waals surface area contributed by atoms with Crippen LogP contribution in [0.25, 0.3) is 6.08 Å².